The van der Waals surface area contributed by atoms with Crippen molar-refractivity contribution in [3.8, 4) is 11.9 Å². The molecule has 1 aromatic heterocycles. The Labute approximate surface area is 125 Å². The van der Waals surface area contributed by atoms with Crippen LogP contribution in [0.3, 0.4) is 0 Å². The minimum Gasteiger partial charge on any atom is -0.474 e. The average Bonchev–Trinajstić information content (AvgIpc) is 2.54. The predicted molar refractivity (Wildman–Crippen MR) is 83.1 cm³/mol. The van der Waals surface area contributed by atoms with E-state index in [0.29, 0.717) is 11.4 Å². The minimum atomic E-state index is 0.240. The van der Waals surface area contributed by atoms with Gasteiger partial charge in [0.25, 0.3) is 0 Å². The first-order valence-electron chi connectivity index (χ1n) is 7.76. The monoisotopic (exact) mass is 280 g/mol. The van der Waals surface area contributed by atoms with Crippen LogP contribution >= 0.6 is 0 Å². The van der Waals surface area contributed by atoms with E-state index < -0.39 is 0 Å². The first kappa shape index (κ1) is 13.9. The molecule has 1 fully saturated rings. The molecule has 108 valence electrons. The van der Waals surface area contributed by atoms with E-state index in [1.165, 1.54) is 19.3 Å². The molecule has 3 rings (SSSR count). The summed E-state index contributed by atoms with van der Waals surface area (Å²) in [5, 5.41) is 10.2. The zero-order valence-electron chi connectivity index (χ0n) is 12.4. The standard InChI is InChI=1S/C18H20N2O/c1-2-13-6-5-7-15(10-13)21-18-11-14(12-19)16-8-3-4-9-17(16)20-18/h3-4,8-9,11,13,15H,2,5-7,10H2,1H3. The van der Waals surface area contributed by atoms with Crippen molar-refractivity contribution < 1.29 is 4.74 Å². The van der Waals surface area contributed by atoms with Gasteiger partial charge in [0.1, 0.15) is 12.2 Å². The van der Waals surface area contributed by atoms with E-state index in [0.717, 1.165) is 29.7 Å². The number of nitrogens with zero attached hydrogens (tertiary/aromatic N) is 2. The van der Waals surface area contributed by atoms with Gasteiger partial charge in [-0.15, -0.1) is 0 Å². The fourth-order valence-electron chi connectivity index (χ4n) is 3.19. The summed E-state index contributed by atoms with van der Waals surface area (Å²) in [5.41, 5.74) is 1.47. The zero-order valence-corrected chi connectivity index (χ0v) is 12.4. The number of fused-ring (bicyclic) bond motifs is 1. The second-order valence-electron chi connectivity index (χ2n) is 5.82. The van der Waals surface area contributed by atoms with Gasteiger partial charge in [-0.1, -0.05) is 38.0 Å². The minimum absolute atomic E-state index is 0.240. The highest BCUT2D eigenvalue weighted by Crippen LogP contribution is 2.30. The lowest BCUT2D eigenvalue weighted by Crippen LogP contribution is -2.25. The number of hydrogen-bond acceptors (Lipinski definition) is 3. The van der Waals surface area contributed by atoms with Crippen LogP contribution in [0.25, 0.3) is 10.9 Å². The summed E-state index contributed by atoms with van der Waals surface area (Å²) in [6, 6.07) is 11.7. The maximum Gasteiger partial charge on any atom is 0.215 e. The predicted octanol–water partition coefficient (Wildman–Crippen LogP) is 4.45. The largest absolute Gasteiger partial charge is 0.474 e. The molecule has 0 saturated heterocycles. The second kappa shape index (κ2) is 6.13. The van der Waals surface area contributed by atoms with Crippen molar-refractivity contribution in [3.63, 3.8) is 0 Å². The first-order valence-corrected chi connectivity index (χ1v) is 7.76. The molecule has 3 heteroatoms. The van der Waals surface area contributed by atoms with Gasteiger partial charge < -0.3 is 4.74 Å². The van der Waals surface area contributed by atoms with Crippen LogP contribution in [0.1, 0.15) is 44.6 Å². The number of pyridine rings is 1. The normalized spacial score (nSPS) is 21.9. The van der Waals surface area contributed by atoms with Gasteiger partial charge in [0, 0.05) is 11.5 Å². The van der Waals surface area contributed by atoms with E-state index in [4.69, 9.17) is 4.74 Å². The number of rotatable bonds is 3. The molecule has 2 atom stereocenters. The Morgan fingerprint density at radius 2 is 2.19 bits per heavy atom. The molecule has 21 heavy (non-hydrogen) atoms. The Morgan fingerprint density at radius 1 is 1.33 bits per heavy atom. The zero-order chi connectivity index (χ0) is 14.7. The molecule has 0 amide bonds. The highest BCUT2D eigenvalue weighted by Gasteiger charge is 2.22. The summed E-state index contributed by atoms with van der Waals surface area (Å²) in [7, 11) is 0. The molecule has 2 unspecified atom stereocenters. The lowest BCUT2D eigenvalue weighted by molar-refractivity contribution is 0.117. The molecule has 1 aliphatic rings. The highest BCUT2D eigenvalue weighted by atomic mass is 16.5. The maximum atomic E-state index is 9.31. The summed E-state index contributed by atoms with van der Waals surface area (Å²) < 4.78 is 6.08. The van der Waals surface area contributed by atoms with Gasteiger partial charge in [0.05, 0.1) is 11.1 Å². The molecule has 0 N–H and O–H groups in total. The number of aromatic nitrogens is 1. The van der Waals surface area contributed by atoms with E-state index >= 15 is 0 Å². The third kappa shape index (κ3) is 3.00. The summed E-state index contributed by atoms with van der Waals surface area (Å²) in [6.45, 7) is 2.25. The van der Waals surface area contributed by atoms with Gasteiger partial charge in [0.15, 0.2) is 0 Å². The van der Waals surface area contributed by atoms with Crippen LogP contribution in [0.2, 0.25) is 0 Å². The van der Waals surface area contributed by atoms with Gasteiger partial charge in [-0.3, -0.25) is 0 Å². The molecule has 0 spiro atoms. The second-order valence-corrected chi connectivity index (χ2v) is 5.82. The Kier molecular flexibility index (Phi) is 4.06. The molecule has 1 aliphatic carbocycles. The molecule has 0 aliphatic heterocycles. The van der Waals surface area contributed by atoms with Gasteiger partial charge >= 0.3 is 0 Å². The van der Waals surface area contributed by atoms with Crippen molar-refractivity contribution in [2.24, 2.45) is 5.92 Å². The number of hydrogen-bond donors (Lipinski definition) is 0. The van der Waals surface area contributed by atoms with Crippen molar-refractivity contribution in [2.45, 2.75) is 45.1 Å². The summed E-state index contributed by atoms with van der Waals surface area (Å²) in [4.78, 5) is 4.56. The Balaban J connectivity index is 1.86. The van der Waals surface area contributed by atoms with E-state index in [1.54, 1.807) is 6.07 Å². The number of nitriles is 1. The fourth-order valence-corrected chi connectivity index (χ4v) is 3.19. The van der Waals surface area contributed by atoms with Crippen molar-refractivity contribution in [2.75, 3.05) is 0 Å². The SMILES string of the molecule is CCC1CCCC(Oc2cc(C#N)c3ccccc3n2)C1. The van der Waals surface area contributed by atoms with Gasteiger partial charge in [-0.2, -0.15) is 5.26 Å². The average molecular weight is 280 g/mol. The van der Waals surface area contributed by atoms with Crippen LogP contribution in [-0.2, 0) is 0 Å². The van der Waals surface area contributed by atoms with Crippen molar-refractivity contribution in [1.82, 2.24) is 4.98 Å². The molecular formula is C18H20N2O. The van der Waals surface area contributed by atoms with Crippen LogP contribution in [0.4, 0.5) is 0 Å². The van der Waals surface area contributed by atoms with Crippen molar-refractivity contribution in [1.29, 1.82) is 5.26 Å². The number of benzene rings is 1. The smallest absolute Gasteiger partial charge is 0.215 e. The van der Waals surface area contributed by atoms with Gasteiger partial charge in [-0.05, 0) is 31.2 Å². The van der Waals surface area contributed by atoms with E-state index in [2.05, 4.69) is 18.0 Å². The van der Waals surface area contributed by atoms with E-state index in [9.17, 15) is 5.26 Å². The Bertz CT molecular complexity index is 674. The van der Waals surface area contributed by atoms with Crippen LogP contribution in [0.5, 0.6) is 5.88 Å². The lowest BCUT2D eigenvalue weighted by Gasteiger charge is -2.28. The van der Waals surface area contributed by atoms with Crippen LogP contribution in [0, 0.1) is 17.2 Å². The van der Waals surface area contributed by atoms with Crippen LogP contribution < -0.4 is 4.74 Å². The first-order chi connectivity index (χ1) is 10.3. The lowest BCUT2D eigenvalue weighted by atomic mass is 9.85. The summed E-state index contributed by atoms with van der Waals surface area (Å²) in [5.74, 6) is 1.35. The van der Waals surface area contributed by atoms with Gasteiger partial charge in [-0.25, -0.2) is 4.98 Å². The Morgan fingerprint density at radius 3 is 3.00 bits per heavy atom. The maximum absolute atomic E-state index is 9.31. The highest BCUT2D eigenvalue weighted by molar-refractivity contribution is 5.85. The Hall–Kier alpha value is -2.08. The van der Waals surface area contributed by atoms with Crippen molar-refractivity contribution >= 4 is 10.9 Å². The molecule has 0 radical (unpaired) electrons. The topological polar surface area (TPSA) is 45.9 Å². The third-order valence-corrected chi connectivity index (χ3v) is 4.41. The molecule has 2 aromatic rings. The number of ether oxygens (including phenoxy) is 1. The quantitative estimate of drug-likeness (QED) is 0.834. The van der Waals surface area contributed by atoms with Crippen LogP contribution in [0.15, 0.2) is 30.3 Å². The molecule has 1 saturated carbocycles. The fraction of sp³-hybridized carbons (Fsp3) is 0.444. The van der Waals surface area contributed by atoms with Crippen LogP contribution in [-0.4, -0.2) is 11.1 Å². The molecule has 1 aromatic carbocycles. The van der Waals surface area contributed by atoms with Gasteiger partial charge in [0.2, 0.25) is 5.88 Å². The molecule has 1 heterocycles. The van der Waals surface area contributed by atoms with Crippen molar-refractivity contribution in [3.05, 3.63) is 35.9 Å². The summed E-state index contributed by atoms with van der Waals surface area (Å²) in [6.07, 6.45) is 6.19. The van der Waals surface area contributed by atoms with E-state index in [1.807, 2.05) is 24.3 Å². The number of para-hydroxylation sites is 1. The van der Waals surface area contributed by atoms with E-state index in [-0.39, 0.29) is 6.10 Å². The summed E-state index contributed by atoms with van der Waals surface area (Å²) >= 11 is 0. The molecule has 3 nitrogen and oxygen atoms in total. The third-order valence-electron chi connectivity index (χ3n) is 4.41. The molecular weight excluding hydrogens is 260 g/mol. The molecule has 0 bridgehead atoms.